The van der Waals surface area contributed by atoms with Crippen LogP contribution in [0.25, 0.3) is 0 Å². The first-order valence-electron chi connectivity index (χ1n) is 7.16. The number of hydrogen-bond acceptors (Lipinski definition) is 5. The number of halogens is 1. The van der Waals surface area contributed by atoms with Gasteiger partial charge in [0.1, 0.15) is 18.5 Å². The summed E-state index contributed by atoms with van der Waals surface area (Å²) in [5.41, 5.74) is 0.863. The molecule has 0 saturated carbocycles. The number of benzene rings is 2. The summed E-state index contributed by atoms with van der Waals surface area (Å²) in [6, 6.07) is 7.80. The van der Waals surface area contributed by atoms with Crippen LogP contribution >= 0.6 is 0 Å². The zero-order valence-corrected chi connectivity index (χ0v) is 13.2. The molecule has 0 spiro atoms. The number of nitro groups is 1. The summed E-state index contributed by atoms with van der Waals surface area (Å²) in [6.45, 7) is 2.71. The Morgan fingerprint density at radius 3 is 2.62 bits per heavy atom. The lowest BCUT2D eigenvalue weighted by Gasteiger charge is -2.15. The molecule has 0 aromatic heterocycles. The van der Waals surface area contributed by atoms with E-state index in [2.05, 4.69) is 0 Å². The summed E-state index contributed by atoms with van der Waals surface area (Å²) >= 11 is 0. The van der Waals surface area contributed by atoms with Crippen LogP contribution < -0.4 is 4.74 Å². The van der Waals surface area contributed by atoms with E-state index in [9.17, 15) is 24.4 Å². The molecule has 0 fully saturated rings. The van der Waals surface area contributed by atoms with Gasteiger partial charge in [-0.05, 0) is 49.2 Å². The molecule has 126 valence electrons. The number of aliphatic hydroxyl groups excluding tert-OH is 1. The number of nitro benzene ring substituents is 1. The van der Waals surface area contributed by atoms with Crippen LogP contribution in [-0.4, -0.2) is 22.4 Å². The maximum Gasteiger partial charge on any atom is 0.311 e. The molecule has 6 nitrogen and oxygen atoms in total. The van der Waals surface area contributed by atoms with Crippen molar-refractivity contribution in [2.45, 2.75) is 20.0 Å². The SMILES string of the molecule is CC(=O)c1ccc(OCC(O)c2ccc(F)cc2C)c([N+](=O)[O-])c1. The van der Waals surface area contributed by atoms with Gasteiger partial charge in [-0.3, -0.25) is 14.9 Å². The lowest BCUT2D eigenvalue weighted by Crippen LogP contribution is -2.12. The summed E-state index contributed by atoms with van der Waals surface area (Å²) < 4.78 is 18.4. The van der Waals surface area contributed by atoms with E-state index in [1.54, 1.807) is 6.92 Å². The van der Waals surface area contributed by atoms with Crippen molar-refractivity contribution in [2.75, 3.05) is 6.61 Å². The highest BCUT2D eigenvalue weighted by molar-refractivity contribution is 5.95. The maximum atomic E-state index is 13.1. The number of carbonyl (C=O) groups excluding carboxylic acids is 1. The highest BCUT2D eigenvalue weighted by Gasteiger charge is 2.19. The molecule has 0 heterocycles. The summed E-state index contributed by atoms with van der Waals surface area (Å²) in [7, 11) is 0. The van der Waals surface area contributed by atoms with Gasteiger partial charge in [-0.2, -0.15) is 0 Å². The lowest BCUT2D eigenvalue weighted by molar-refractivity contribution is -0.386. The Labute approximate surface area is 137 Å². The topological polar surface area (TPSA) is 89.7 Å². The molecule has 24 heavy (non-hydrogen) atoms. The van der Waals surface area contributed by atoms with Crippen LogP contribution in [-0.2, 0) is 0 Å². The Hall–Kier alpha value is -2.80. The first-order valence-corrected chi connectivity index (χ1v) is 7.16. The quantitative estimate of drug-likeness (QED) is 0.497. The van der Waals surface area contributed by atoms with Crippen LogP contribution in [0.3, 0.4) is 0 Å². The van der Waals surface area contributed by atoms with Crippen molar-refractivity contribution >= 4 is 11.5 Å². The first kappa shape index (κ1) is 17.6. The molecule has 2 aromatic rings. The molecule has 0 aliphatic heterocycles. The average Bonchev–Trinajstić information content (AvgIpc) is 2.52. The normalized spacial score (nSPS) is 11.8. The molecular weight excluding hydrogens is 317 g/mol. The minimum absolute atomic E-state index is 0.0520. The summed E-state index contributed by atoms with van der Waals surface area (Å²) in [6.07, 6.45) is -1.07. The van der Waals surface area contributed by atoms with E-state index in [1.807, 2.05) is 0 Å². The second-order valence-electron chi connectivity index (χ2n) is 5.32. The predicted octanol–water partition coefficient (Wildman–Crippen LogP) is 3.36. The van der Waals surface area contributed by atoms with Crippen LogP contribution in [0.1, 0.15) is 34.5 Å². The Morgan fingerprint density at radius 1 is 1.33 bits per heavy atom. The highest BCUT2D eigenvalue weighted by Crippen LogP contribution is 2.29. The fraction of sp³-hybridized carbons (Fsp3) is 0.235. The zero-order valence-electron chi connectivity index (χ0n) is 13.2. The zero-order chi connectivity index (χ0) is 17.9. The van der Waals surface area contributed by atoms with Gasteiger partial charge in [0.15, 0.2) is 11.5 Å². The van der Waals surface area contributed by atoms with Gasteiger partial charge in [0.05, 0.1) is 4.92 Å². The molecule has 1 atom stereocenters. The third-order valence-corrected chi connectivity index (χ3v) is 3.55. The number of ether oxygens (including phenoxy) is 1. The van der Waals surface area contributed by atoms with Gasteiger partial charge in [-0.1, -0.05) is 6.07 Å². The third-order valence-electron chi connectivity index (χ3n) is 3.55. The van der Waals surface area contributed by atoms with E-state index in [4.69, 9.17) is 4.74 Å². The van der Waals surface area contributed by atoms with E-state index in [-0.39, 0.29) is 29.4 Å². The van der Waals surface area contributed by atoms with Crippen LogP contribution in [0.15, 0.2) is 36.4 Å². The summed E-state index contributed by atoms with van der Waals surface area (Å²) in [5, 5.41) is 21.3. The molecule has 0 saturated heterocycles. The summed E-state index contributed by atoms with van der Waals surface area (Å²) in [5.74, 6) is -0.768. The average molecular weight is 333 g/mol. The van der Waals surface area contributed by atoms with Crippen molar-refractivity contribution in [3.63, 3.8) is 0 Å². The largest absolute Gasteiger partial charge is 0.484 e. The fourth-order valence-electron chi connectivity index (χ4n) is 2.27. The van der Waals surface area contributed by atoms with Crippen LogP contribution in [0, 0.1) is 22.9 Å². The first-order chi connectivity index (χ1) is 11.3. The number of nitrogens with zero attached hydrogens (tertiary/aromatic N) is 1. The summed E-state index contributed by atoms with van der Waals surface area (Å²) in [4.78, 5) is 21.8. The van der Waals surface area contributed by atoms with Gasteiger partial charge in [-0.15, -0.1) is 0 Å². The number of carbonyl (C=O) groups is 1. The van der Waals surface area contributed by atoms with Gasteiger partial charge < -0.3 is 9.84 Å². The Kier molecular flexibility index (Phi) is 5.25. The van der Waals surface area contributed by atoms with E-state index in [1.165, 1.54) is 37.3 Å². The van der Waals surface area contributed by atoms with E-state index >= 15 is 0 Å². The smallest absolute Gasteiger partial charge is 0.311 e. The van der Waals surface area contributed by atoms with Crippen molar-refractivity contribution in [2.24, 2.45) is 0 Å². The molecule has 0 amide bonds. The van der Waals surface area contributed by atoms with Gasteiger partial charge in [-0.25, -0.2) is 4.39 Å². The number of rotatable bonds is 6. The maximum absolute atomic E-state index is 13.1. The van der Waals surface area contributed by atoms with E-state index in [0.29, 0.717) is 11.1 Å². The second kappa shape index (κ2) is 7.18. The van der Waals surface area contributed by atoms with Gasteiger partial charge in [0.25, 0.3) is 0 Å². The molecule has 0 aliphatic rings. The Balaban J connectivity index is 2.19. The Bertz CT molecular complexity index is 791. The fourth-order valence-corrected chi connectivity index (χ4v) is 2.27. The number of ketones is 1. The number of hydrogen-bond donors (Lipinski definition) is 1. The van der Waals surface area contributed by atoms with Crippen LogP contribution in [0.2, 0.25) is 0 Å². The van der Waals surface area contributed by atoms with E-state index in [0.717, 1.165) is 6.07 Å². The molecular formula is C17H16FNO5. The second-order valence-corrected chi connectivity index (χ2v) is 5.32. The lowest BCUT2D eigenvalue weighted by atomic mass is 10.0. The molecule has 0 radical (unpaired) electrons. The molecule has 1 N–H and O–H groups in total. The molecule has 1 unspecified atom stereocenters. The van der Waals surface area contributed by atoms with Crippen molar-refractivity contribution in [3.8, 4) is 5.75 Å². The number of Topliss-reactive ketones (excluding diaryl/α,β-unsaturated/α-hetero) is 1. The van der Waals surface area contributed by atoms with Crippen molar-refractivity contribution in [1.82, 2.24) is 0 Å². The van der Waals surface area contributed by atoms with E-state index < -0.39 is 16.8 Å². The van der Waals surface area contributed by atoms with Crippen LogP contribution in [0.4, 0.5) is 10.1 Å². The minimum Gasteiger partial charge on any atom is -0.484 e. The third kappa shape index (κ3) is 3.94. The monoisotopic (exact) mass is 333 g/mol. The van der Waals surface area contributed by atoms with Gasteiger partial charge in [0.2, 0.25) is 0 Å². The van der Waals surface area contributed by atoms with Gasteiger partial charge in [0, 0.05) is 11.6 Å². The number of aryl methyl sites for hydroxylation is 1. The van der Waals surface area contributed by atoms with Crippen molar-refractivity contribution in [3.05, 3.63) is 69.0 Å². The minimum atomic E-state index is -1.07. The van der Waals surface area contributed by atoms with Crippen molar-refractivity contribution in [1.29, 1.82) is 0 Å². The van der Waals surface area contributed by atoms with Crippen molar-refractivity contribution < 1.29 is 24.0 Å². The Morgan fingerprint density at radius 2 is 2.04 bits per heavy atom. The molecule has 7 heteroatoms. The highest BCUT2D eigenvalue weighted by atomic mass is 19.1. The van der Waals surface area contributed by atoms with Gasteiger partial charge >= 0.3 is 5.69 Å². The molecule has 0 aliphatic carbocycles. The molecule has 2 rings (SSSR count). The van der Waals surface area contributed by atoms with Crippen LogP contribution in [0.5, 0.6) is 5.75 Å². The standard InChI is InChI=1S/C17H16FNO5/c1-10-7-13(18)4-5-14(10)16(21)9-24-17-6-3-12(11(2)20)8-15(17)19(22)23/h3-8,16,21H,9H2,1-2H3. The predicted molar refractivity (Wildman–Crippen MR) is 84.7 cm³/mol. The molecule has 2 aromatic carbocycles. The molecule has 0 bridgehead atoms. The number of aliphatic hydroxyl groups is 1.